The second-order valence-corrected chi connectivity index (χ2v) is 10.5. The van der Waals surface area contributed by atoms with Crippen molar-refractivity contribution in [2.24, 2.45) is 11.8 Å². The van der Waals surface area contributed by atoms with Crippen molar-refractivity contribution in [1.29, 1.82) is 0 Å². The molecule has 2 amide bonds. The summed E-state index contributed by atoms with van der Waals surface area (Å²) >= 11 is 0. The number of carbonyl (C=O) groups excluding carboxylic acids is 3. The average Bonchev–Trinajstić information content (AvgIpc) is 2.89. The minimum Gasteiger partial charge on any atom is -0.506 e. The van der Waals surface area contributed by atoms with Gasteiger partial charge in [0.25, 0.3) is 5.91 Å². The molecule has 2 rings (SSSR count). The lowest BCUT2D eigenvalue weighted by molar-refractivity contribution is -0.108. The van der Waals surface area contributed by atoms with Gasteiger partial charge in [0.15, 0.2) is 0 Å². The van der Waals surface area contributed by atoms with Crippen molar-refractivity contribution < 1.29 is 24.2 Å². The topological polar surface area (TPSA) is 105 Å². The molecule has 0 fully saturated rings. The Hall–Kier alpha value is -3.09. The number of fused-ring (bicyclic) bond motifs is 1. The fourth-order valence-electron chi connectivity index (χ4n) is 4.80. The maximum Gasteiger partial charge on any atom is 0.411 e. The highest BCUT2D eigenvalue weighted by atomic mass is 16.5. The predicted octanol–water partition coefficient (Wildman–Crippen LogP) is 7.60. The molecule has 0 saturated carbocycles. The Labute approximate surface area is 227 Å². The van der Waals surface area contributed by atoms with Crippen LogP contribution >= 0.6 is 0 Å². The number of carbonyl (C=O) groups is 3. The molecule has 0 bridgehead atoms. The number of unbranched alkanes of at least 4 members (excludes halogenated alkanes) is 6. The third-order valence-electron chi connectivity index (χ3n) is 7.00. The first kappa shape index (κ1) is 31.1. The SMILES string of the molecule is CCCCCCCCCC(CC)C(CC=O)NC(=O)c1ccc2c(NC(=O)OCC(C)C)cccc2c1O. The molecule has 2 aromatic carbocycles. The molecule has 0 saturated heterocycles. The molecule has 0 aliphatic carbocycles. The average molecular weight is 527 g/mol. The highest BCUT2D eigenvalue weighted by molar-refractivity contribution is 6.08. The molecule has 2 atom stereocenters. The maximum atomic E-state index is 13.2. The second-order valence-electron chi connectivity index (χ2n) is 10.5. The van der Waals surface area contributed by atoms with Crippen molar-refractivity contribution in [2.75, 3.05) is 11.9 Å². The zero-order valence-electron chi connectivity index (χ0n) is 23.6. The van der Waals surface area contributed by atoms with E-state index in [1.807, 2.05) is 13.8 Å². The number of hydrogen-bond acceptors (Lipinski definition) is 5. The van der Waals surface area contributed by atoms with E-state index >= 15 is 0 Å². The Balaban J connectivity index is 2.10. The summed E-state index contributed by atoms with van der Waals surface area (Å²) in [4.78, 5) is 36.8. The number of aldehydes is 1. The van der Waals surface area contributed by atoms with E-state index in [9.17, 15) is 19.5 Å². The Morgan fingerprint density at radius 2 is 1.68 bits per heavy atom. The third-order valence-corrected chi connectivity index (χ3v) is 7.00. The summed E-state index contributed by atoms with van der Waals surface area (Å²) in [5.41, 5.74) is 0.622. The molecule has 38 heavy (non-hydrogen) atoms. The summed E-state index contributed by atoms with van der Waals surface area (Å²) in [6.45, 7) is 8.50. The maximum absolute atomic E-state index is 13.2. The van der Waals surface area contributed by atoms with E-state index in [1.165, 1.54) is 32.1 Å². The number of aromatic hydroxyl groups is 1. The van der Waals surface area contributed by atoms with Crippen LogP contribution in [-0.2, 0) is 9.53 Å². The van der Waals surface area contributed by atoms with Crippen molar-refractivity contribution in [3.63, 3.8) is 0 Å². The minimum atomic E-state index is -0.573. The van der Waals surface area contributed by atoms with Gasteiger partial charge < -0.3 is 20.0 Å². The van der Waals surface area contributed by atoms with E-state index in [0.717, 1.165) is 32.0 Å². The van der Waals surface area contributed by atoms with Crippen molar-refractivity contribution in [3.8, 4) is 5.75 Å². The molecule has 0 aliphatic rings. The minimum absolute atomic E-state index is 0.138. The van der Waals surface area contributed by atoms with E-state index in [-0.39, 0.29) is 35.6 Å². The molecular weight excluding hydrogens is 480 g/mol. The van der Waals surface area contributed by atoms with Gasteiger partial charge in [0.1, 0.15) is 12.0 Å². The van der Waals surface area contributed by atoms with Crippen LogP contribution in [0.15, 0.2) is 30.3 Å². The first-order chi connectivity index (χ1) is 18.3. The first-order valence-corrected chi connectivity index (χ1v) is 14.2. The van der Waals surface area contributed by atoms with Crippen LogP contribution in [0.2, 0.25) is 0 Å². The molecule has 210 valence electrons. The van der Waals surface area contributed by atoms with Gasteiger partial charge in [-0.2, -0.15) is 0 Å². The lowest BCUT2D eigenvalue weighted by atomic mass is 9.88. The number of anilines is 1. The summed E-state index contributed by atoms with van der Waals surface area (Å²) in [6.07, 6.45) is 10.9. The zero-order valence-corrected chi connectivity index (χ0v) is 23.6. The van der Waals surface area contributed by atoms with Crippen molar-refractivity contribution in [2.45, 2.75) is 97.9 Å². The van der Waals surface area contributed by atoms with Gasteiger partial charge in [-0.05, 0) is 30.4 Å². The summed E-state index contributed by atoms with van der Waals surface area (Å²) in [5.74, 6) is -0.174. The smallest absolute Gasteiger partial charge is 0.411 e. The number of rotatable bonds is 17. The van der Waals surface area contributed by atoms with Crippen LogP contribution < -0.4 is 10.6 Å². The molecule has 2 aromatic rings. The molecule has 0 aliphatic heterocycles. The molecule has 0 spiro atoms. The zero-order chi connectivity index (χ0) is 27.9. The van der Waals surface area contributed by atoms with Gasteiger partial charge in [0, 0.05) is 23.2 Å². The van der Waals surface area contributed by atoms with Gasteiger partial charge in [-0.25, -0.2) is 4.79 Å². The van der Waals surface area contributed by atoms with Crippen molar-refractivity contribution >= 4 is 34.7 Å². The van der Waals surface area contributed by atoms with Gasteiger partial charge in [0.05, 0.1) is 17.9 Å². The molecule has 7 nitrogen and oxygen atoms in total. The van der Waals surface area contributed by atoms with Crippen LogP contribution in [0.25, 0.3) is 10.8 Å². The molecule has 3 N–H and O–H groups in total. The van der Waals surface area contributed by atoms with Crippen LogP contribution in [-0.4, -0.2) is 36.0 Å². The lowest BCUT2D eigenvalue weighted by Gasteiger charge is -2.26. The van der Waals surface area contributed by atoms with E-state index in [4.69, 9.17) is 4.74 Å². The number of nitrogens with one attached hydrogen (secondary N) is 2. The van der Waals surface area contributed by atoms with E-state index in [1.54, 1.807) is 30.3 Å². The fraction of sp³-hybridized carbons (Fsp3) is 0.581. The standard InChI is InChI=1S/C31H46N2O5/c1-5-7-8-9-10-11-12-14-23(6-2)27(19-20-34)32-30(36)26-18-17-24-25(29(26)35)15-13-16-28(24)33-31(37)38-21-22(3)4/h13,15-18,20,22-23,27,35H,5-12,14,19,21H2,1-4H3,(H,32,36)(H,33,37). The molecule has 0 aromatic heterocycles. The number of phenolic OH excluding ortho intramolecular Hbond substituents is 1. The van der Waals surface area contributed by atoms with Gasteiger partial charge in [-0.1, -0.05) is 97.3 Å². The Bertz CT molecular complexity index is 1040. The monoisotopic (exact) mass is 526 g/mol. The van der Waals surface area contributed by atoms with Gasteiger partial charge in [-0.15, -0.1) is 0 Å². The number of amides is 2. The van der Waals surface area contributed by atoms with Crippen molar-refractivity contribution in [3.05, 3.63) is 35.9 Å². The molecule has 7 heteroatoms. The Morgan fingerprint density at radius 3 is 2.34 bits per heavy atom. The van der Waals surface area contributed by atoms with Crippen LogP contribution in [0.5, 0.6) is 5.75 Å². The molecular formula is C31H46N2O5. The summed E-state index contributed by atoms with van der Waals surface area (Å²) in [5, 5.41) is 17.8. The fourth-order valence-corrected chi connectivity index (χ4v) is 4.80. The Kier molecular flexibility index (Phi) is 13.7. The van der Waals surface area contributed by atoms with Crippen LogP contribution in [0.1, 0.15) is 102 Å². The van der Waals surface area contributed by atoms with Gasteiger partial charge in [-0.3, -0.25) is 10.1 Å². The number of benzene rings is 2. The highest BCUT2D eigenvalue weighted by Crippen LogP contribution is 2.33. The summed E-state index contributed by atoms with van der Waals surface area (Å²) < 4.78 is 5.20. The molecule has 0 heterocycles. The van der Waals surface area contributed by atoms with E-state index < -0.39 is 12.0 Å². The van der Waals surface area contributed by atoms with E-state index in [0.29, 0.717) is 23.1 Å². The number of phenols is 1. The van der Waals surface area contributed by atoms with Gasteiger partial charge in [0.2, 0.25) is 0 Å². The van der Waals surface area contributed by atoms with Crippen LogP contribution in [0, 0.1) is 11.8 Å². The molecule has 0 radical (unpaired) electrons. The molecule has 2 unspecified atom stereocenters. The first-order valence-electron chi connectivity index (χ1n) is 14.2. The second kappa shape index (κ2) is 16.7. The van der Waals surface area contributed by atoms with E-state index in [2.05, 4.69) is 24.5 Å². The predicted molar refractivity (Wildman–Crippen MR) is 154 cm³/mol. The van der Waals surface area contributed by atoms with Crippen molar-refractivity contribution in [1.82, 2.24) is 5.32 Å². The Morgan fingerprint density at radius 1 is 0.974 bits per heavy atom. The highest BCUT2D eigenvalue weighted by Gasteiger charge is 2.24. The lowest BCUT2D eigenvalue weighted by Crippen LogP contribution is -2.40. The normalized spacial score (nSPS) is 12.8. The third kappa shape index (κ3) is 9.66. The quantitative estimate of drug-likeness (QED) is 0.145. The summed E-state index contributed by atoms with van der Waals surface area (Å²) in [6, 6.07) is 8.08. The number of hydrogen-bond donors (Lipinski definition) is 3. The summed E-state index contributed by atoms with van der Waals surface area (Å²) in [7, 11) is 0. The van der Waals surface area contributed by atoms with Gasteiger partial charge >= 0.3 is 6.09 Å². The largest absolute Gasteiger partial charge is 0.506 e. The van der Waals surface area contributed by atoms with Crippen LogP contribution in [0.4, 0.5) is 10.5 Å². The number of ether oxygens (including phenoxy) is 1. The van der Waals surface area contributed by atoms with Crippen LogP contribution in [0.3, 0.4) is 0 Å².